The first kappa shape index (κ1) is 33.9. The van der Waals surface area contributed by atoms with E-state index >= 15 is 0 Å². The van der Waals surface area contributed by atoms with Crippen LogP contribution in [0.4, 0.5) is 10.1 Å². The van der Waals surface area contributed by atoms with Crippen LogP contribution in [0.2, 0.25) is 0 Å². The Kier molecular flexibility index (Phi) is 16.1. The Balaban J connectivity index is 2.98. The van der Waals surface area contributed by atoms with Crippen LogP contribution in [-0.2, 0) is 9.59 Å². The predicted octanol–water partition coefficient (Wildman–Crippen LogP) is 5.09. The van der Waals surface area contributed by atoms with Crippen LogP contribution in [0.25, 0.3) is 0 Å². The van der Waals surface area contributed by atoms with Gasteiger partial charge in [0.05, 0.1) is 23.0 Å². The molecule has 8 nitrogen and oxygen atoms in total. The van der Waals surface area contributed by atoms with Crippen molar-refractivity contribution in [2.45, 2.75) is 33.6 Å². The number of halogens is 1. The van der Waals surface area contributed by atoms with Crippen molar-refractivity contribution in [1.29, 1.82) is 0 Å². The Hall–Kier alpha value is -4.11. The lowest BCUT2D eigenvalue weighted by molar-refractivity contribution is -0.137. The molecule has 0 aromatic heterocycles. The van der Waals surface area contributed by atoms with Crippen molar-refractivity contribution in [2.24, 2.45) is 15.9 Å². The van der Waals surface area contributed by atoms with Gasteiger partial charge < -0.3 is 20.6 Å². The number of hydrogen-bond acceptors (Lipinski definition) is 6. The number of allylic oxidation sites excluding steroid dienone is 4. The molecular formula is C31H42FN5O3. The van der Waals surface area contributed by atoms with Gasteiger partial charge in [-0.05, 0) is 69.4 Å². The molecule has 0 fully saturated rings. The summed E-state index contributed by atoms with van der Waals surface area (Å²) >= 11 is 0. The quantitative estimate of drug-likeness (QED) is 0.126. The first-order chi connectivity index (χ1) is 19.2. The summed E-state index contributed by atoms with van der Waals surface area (Å²) in [5, 5.41) is 15.0. The van der Waals surface area contributed by atoms with Gasteiger partial charge in [0.1, 0.15) is 5.82 Å². The number of carboxylic acids is 1. The SMILES string of the molecule is C=C/C=C(C=C)/C(CNCCCC(=O)O)=N/C(=C/C)C(=C\C(C)C(=O)NCCN(CC)c1ccc(F)cc1)/N=C. The maximum atomic E-state index is 13.2. The van der Waals surface area contributed by atoms with Crippen molar-refractivity contribution in [2.75, 3.05) is 37.6 Å². The van der Waals surface area contributed by atoms with Crippen LogP contribution in [0.5, 0.6) is 0 Å². The average Bonchev–Trinajstić information content (AvgIpc) is 2.94. The minimum absolute atomic E-state index is 0.0757. The van der Waals surface area contributed by atoms with Crippen molar-refractivity contribution in [3.05, 3.63) is 90.6 Å². The minimum atomic E-state index is -0.842. The van der Waals surface area contributed by atoms with E-state index in [1.165, 1.54) is 12.1 Å². The summed E-state index contributed by atoms with van der Waals surface area (Å²) in [6, 6.07) is 6.27. The molecule has 0 aliphatic heterocycles. The molecule has 3 N–H and O–H groups in total. The molecular weight excluding hydrogens is 509 g/mol. The minimum Gasteiger partial charge on any atom is -0.481 e. The number of likely N-dealkylation sites (N-methyl/N-ethyl adjacent to an activating group) is 1. The zero-order valence-electron chi connectivity index (χ0n) is 23.8. The van der Waals surface area contributed by atoms with E-state index in [4.69, 9.17) is 10.1 Å². The smallest absolute Gasteiger partial charge is 0.303 e. The van der Waals surface area contributed by atoms with Gasteiger partial charge in [-0.1, -0.05) is 44.4 Å². The molecule has 1 amide bonds. The van der Waals surface area contributed by atoms with Gasteiger partial charge >= 0.3 is 5.97 Å². The van der Waals surface area contributed by atoms with E-state index in [0.717, 1.165) is 11.3 Å². The second kappa shape index (κ2) is 19.0. The number of rotatable bonds is 19. The lowest BCUT2D eigenvalue weighted by Gasteiger charge is -2.23. The molecule has 1 aromatic carbocycles. The number of carbonyl (C=O) groups is 2. The summed E-state index contributed by atoms with van der Waals surface area (Å²) in [4.78, 5) is 34.6. The van der Waals surface area contributed by atoms with Gasteiger partial charge in [0.2, 0.25) is 5.91 Å². The summed E-state index contributed by atoms with van der Waals surface area (Å²) in [6.45, 7) is 19.5. The summed E-state index contributed by atoms with van der Waals surface area (Å²) < 4.78 is 13.2. The molecule has 0 aliphatic rings. The molecule has 9 heteroatoms. The number of anilines is 1. The zero-order valence-corrected chi connectivity index (χ0v) is 23.8. The molecule has 0 saturated carbocycles. The number of amides is 1. The maximum absolute atomic E-state index is 13.2. The van der Waals surface area contributed by atoms with E-state index < -0.39 is 11.9 Å². The standard InChI is InChI=1S/C31H42FN5O3/c1-7-12-24(8-2)29(22-34-18-11-13-30(38)39)36-27(9-3)28(33-6)21-23(5)31(40)35-19-20-37(10-4)26-16-14-25(32)15-17-26/h7-9,12,14-17,21,23,34H,1-2,6,10-11,13,18-20,22H2,3-5H3,(H,35,40)(H,38,39)/b24-12+,27-9+,28-21+,36-29+. The number of hydrogen-bond donors (Lipinski definition) is 3. The predicted molar refractivity (Wildman–Crippen MR) is 164 cm³/mol. The van der Waals surface area contributed by atoms with Crippen molar-refractivity contribution in [1.82, 2.24) is 10.6 Å². The van der Waals surface area contributed by atoms with Crippen LogP contribution in [0.1, 0.15) is 33.6 Å². The average molecular weight is 552 g/mol. The fraction of sp³-hybridized carbons (Fsp3) is 0.355. The molecule has 0 heterocycles. The van der Waals surface area contributed by atoms with Gasteiger partial charge in [-0.15, -0.1) is 0 Å². The van der Waals surface area contributed by atoms with Gasteiger partial charge in [-0.25, -0.2) is 9.38 Å². The summed E-state index contributed by atoms with van der Waals surface area (Å²) in [5.41, 5.74) is 3.28. The summed E-state index contributed by atoms with van der Waals surface area (Å²) in [6.07, 6.45) is 9.14. The Morgan fingerprint density at radius 2 is 1.88 bits per heavy atom. The van der Waals surface area contributed by atoms with Crippen molar-refractivity contribution in [3.63, 3.8) is 0 Å². The molecule has 0 radical (unpaired) electrons. The Morgan fingerprint density at radius 3 is 2.42 bits per heavy atom. The summed E-state index contributed by atoms with van der Waals surface area (Å²) in [5.74, 6) is -1.81. The third-order valence-electron chi connectivity index (χ3n) is 5.92. The fourth-order valence-corrected chi connectivity index (χ4v) is 3.73. The maximum Gasteiger partial charge on any atom is 0.303 e. The fourth-order valence-electron chi connectivity index (χ4n) is 3.73. The second-order valence-corrected chi connectivity index (χ2v) is 8.81. The van der Waals surface area contributed by atoms with Crippen molar-refractivity contribution < 1.29 is 19.1 Å². The van der Waals surface area contributed by atoms with E-state index in [1.54, 1.807) is 49.4 Å². The van der Waals surface area contributed by atoms with Crippen LogP contribution < -0.4 is 15.5 Å². The van der Waals surface area contributed by atoms with Crippen LogP contribution in [0.15, 0.2) is 94.8 Å². The number of nitrogens with one attached hydrogen (secondary N) is 2. The van der Waals surface area contributed by atoms with E-state index in [2.05, 4.69) is 40.4 Å². The third-order valence-corrected chi connectivity index (χ3v) is 5.92. The number of carboxylic acid groups (broad SMARTS) is 1. The lowest BCUT2D eigenvalue weighted by Crippen LogP contribution is -2.37. The first-order valence-electron chi connectivity index (χ1n) is 13.3. The molecule has 40 heavy (non-hydrogen) atoms. The molecule has 0 saturated heterocycles. The lowest BCUT2D eigenvalue weighted by atomic mass is 10.1. The monoisotopic (exact) mass is 551 g/mol. The van der Waals surface area contributed by atoms with Crippen molar-refractivity contribution >= 4 is 30.0 Å². The van der Waals surface area contributed by atoms with Crippen LogP contribution in [0.3, 0.4) is 0 Å². The van der Waals surface area contributed by atoms with E-state index in [0.29, 0.717) is 56.3 Å². The van der Waals surface area contributed by atoms with Crippen LogP contribution >= 0.6 is 0 Å². The first-order valence-corrected chi connectivity index (χ1v) is 13.3. The van der Waals surface area contributed by atoms with Crippen molar-refractivity contribution in [3.8, 4) is 0 Å². The molecule has 0 aliphatic carbocycles. The number of aliphatic imine (C=N–C) groups is 2. The Labute approximate surface area is 237 Å². The Bertz CT molecular complexity index is 1140. The molecule has 1 aromatic rings. The van der Waals surface area contributed by atoms with Crippen LogP contribution in [-0.4, -0.2) is 62.1 Å². The second-order valence-electron chi connectivity index (χ2n) is 8.81. The third kappa shape index (κ3) is 12.2. The largest absolute Gasteiger partial charge is 0.481 e. The van der Waals surface area contributed by atoms with E-state index in [9.17, 15) is 14.0 Å². The highest BCUT2D eigenvalue weighted by molar-refractivity contribution is 6.04. The molecule has 1 rings (SSSR count). The topological polar surface area (TPSA) is 106 Å². The number of benzene rings is 1. The normalized spacial score (nSPS) is 13.4. The highest BCUT2D eigenvalue weighted by Crippen LogP contribution is 2.18. The van der Waals surface area contributed by atoms with Gasteiger partial charge in [-0.3, -0.25) is 14.6 Å². The highest BCUT2D eigenvalue weighted by Gasteiger charge is 2.14. The van der Waals surface area contributed by atoms with Gasteiger partial charge in [-0.2, -0.15) is 0 Å². The number of nitrogens with zero attached hydrogens (tertiary/aromatic N) is 3. The number of aliphatic carboxylic acids is 1. The molecule has 0 bridgehead atoms. The van der Waals surface area contributed by atoms with Crippen LogP contribution in [0, 0.1) is 11.7 Å². The molecule has 1 atom stereocenters. The summed E-state index contributed by atoms with van der Waals surface area (Å²) in [7, 11) is 0. The zero-order chi connectivity index (χ0) is 29.9. The van der Waals surface area contributed by atoms with Gasteiger partial charge in [0.25, 0.3) is 0 Å². The highest BCUT2D eigenvalue weighted by atomic mass is 19.1. The molecule has 0 spiro atoms. The molecule has 1 unspecified atom stereocenters. The van der Waals surface area contributed by atoms with E-state index in [1.807, 2.05) is 13.8 Å². The van der Waals surface area contributed by atoms with Gasteiger partial charge in [0, 0.05) is 38.3 Å². The molecule has 216 valence electrons. The van der Waals surface area contributed by atoms with Gasteiger partial charge in [0.15, 0.2) is 0 Å². The Morgan fingerprint density at radius 1 is 1.18 bits per heavy atom. The van der Waals surface area contributed by atoms with E-state index in [-0.39, 0.29) is 18.1 Å². The number of carbonyl (C=O) groups excluding carboxylic acids is 1.